The molecule has 0 aliphatic heterocycles. The van der Waals surface area contributed by atoms with Crippen LogP contribution in [0.15, 0.2) is 23.6 Å². The van der Waals surface area contributed by atoms with Gasteiger partial charge in [-0.1, -0.05) is 6.92 Å². The molecule has 4 heteroatoms. The Morgan fingerprint density at radius 3 is 3.08 bits per heavy atom. The molecule has 1 rings (SSSR count). The zero-order valence-corrected chi connectivity index (χ0v) is 7.77. The van der Waals surface area contributed by atoms with Crippen molar-refractivity contribution in [2.24, 2.45) is 10.7 Å². The summed E-state index contributed by atoms with van der Waals surface area (Å²) < 4.78 is 0. The number of aliphatic imine (C=N–C) groups is 1. The average Bonchev–Trinajstić information content (AvgIpc) is 2.17. The first kappa shape index (κ1) is 9.64. The van der Waals surface area contributed by atoms with Crippen LogP contribution in [0.2, 0.25) is 0 Å². The predicted molar refractivity (Wildman–Crippen MR) is 52.3 cm³/mol. The molecule has 0 radical (unpaired) electrons. The third kappa shape index (κ3) is 3.64. The Kier molecular flexibility index (Phi) is 3.88. The van der Waals surface area contributed by atoms with Crippen LogP contribution in [-0.2, 0) is 6.54 Å². The molecule has 0 spiro atoms. The molecule has 0 fully saturated rings. The smallest absolute Gasteiger partial charge is 0.115 e. The molecule has 0 saturated carbocycles. The topological polar surface area (TPSA) is 64.2 Å². The zero-order chi connectivity index (χ0) is 9.52. The fourth-order valence-electron chi connectivity index (χ4n) is 0.929. The van der Waals surface area contributed by atoms with Crippen molar-refractivity contribution >= 4 is 5.84 Å². The van der Waals surface area contributed by atoms with E-state index in [1.165, 1.54) is 6.33 Å². The summed E-state index contributed by atoms with van der Waals surface area (Å²) in [4.78, 5) is 12.0. The third-order valence-electron chi connectivity index (χ3n) is 1.59. The Bertz CT molecular complexity index is 268. The number of nitrogens with zero attached hydrogens (tertiary/aromatic N) is 3. The van der Waals surface area contributed by atoms with Crippen LogP contribution >= 0.6 is 0 Å². The van der Waals surface area contributed by atoms with E-state index < -0.39 is 0 Å². The van der Waals surface area contributed by atoms with Gasteiger partial charge >= 0.3 is 0 Å². The lowest BCUT2D eigenvalue weighted by atomic mass is 10.3. The molecule has 0 unspecified atom stereocenters. The van der Waals surface area contributed by atoms with E-state index in [0.29, 0.717) is 12.4 Å². The molecule has 0 amide bonds. The number of hydrogen-bond donors (Lipinski definition) is 1. The number of hydrogen-bond acceptors (Lipinski definition) is 3. The minimum atomic E-state index is 0.550. The highest BCUT2D eigenvalue weighted by Gasteiger charge is 1.92. The largest absolute Gasteiger partial charge is 0.387 e. The van der Waals surface area contributed by atoms with Crippen molar-refractivity contribution in [3.05, 3.63) is 24.3 Å². The molecular formula is C9H14N4. The van der Waals surface area contributed by atoms with Crippen LogP contribution in [0.25, 0.3) is 0 Å². The minimum Gasteiger partial charge on any atom is -0.387 e. The van der Waals surface area contributed by atoms with Crippen LogP contribution in [0, 0.1) is 0 Å². The van der Waals surface area contributed by atoms with Gasteiger partial charge in [-0.05, 0) is 12.5 Å². The molecule has 4 nitrogen and oxygen atoms in total. The standard InChI is InChI=1S/C9H14N4/c1-2-3-9(10)12-6-8-4-5-11-7-13-8/h4-5,7H,2-3,6H2,1H3,(H2,10,12). The fraction of sp³-hybridized carbons (Fsp3) is 0.444. The molecule has 0 aliphatic rings. The maximum Gasteiger partial charge on any atom is 0.115 e. The maximum atomic E-state index is 5.64. The van der Waals surface area contributed by atoms with Crippen molar-refractivity contribution in [3.63, 3.8) is 0 Å². The summed E-state index contributed by atoms with van der Waals surface area (Å²) in [5.41, 5.74) is 6.54. The Morgan fingerprint density at radius 2 is 2.46 bits per heavy atom. The van der Waals surface area contributed by atoms with E-state index in [9.17, 15) is 0 Å². The lowest BCUT2D eigenvalue weighted by Gasteiger charge is -1.97. The molecule has 2 N–H and O–H groups in total. The number of amidine groups is 1. The molecular weight excluding hydrogens is 164 g/mol. The molecule has 13 heavy (non-hydrogen) atoms. The first-order valence-electron chi connectivity index (χ1n) is 4.36. The second-order valence-electron chi connectivity index (χ2n) is 2.76. The molecule has 1 aromatic rings. The van der Waals surface area contributed by atoms with E-state index in [4.69, 9.17) is 5.73 Å². The SMILES string of the molecule is CCCC(N)=NCc1ccncn1. The number of nitrogens with two attached hydrogens (primary N) is 1. The van der Waals surface area contributed by atoms with Crippen LogP contribution in [0.4, 0.5) is 0 Å². The van der Waals surface area contributed by atoms with Crippen LogP contribution in [0.3, 0.4) is 0 Å². The van der Waals surface area contributed by atoms with Gasteiger partial charge in [-0.3, -0.25) is 4.99 Å². The summed E-state index contributed by atoms with van der Waals surface area (Å²) in [6, 6.07) is 1.84. The zero-order valence-electron chi connectivity index (χ0n) is 7.77. The van der Waals surface area contributed by atoms with Crippen molar-refractivity contribution < 1.29 is 0 Å². The predicted octanol–water partition coefficient (Wildman–Crippen LogP) is 1.13. The average molecular weight is 178 g/mol. The van der Waals surface area contributed by atoms with Gasteiger partial charge in [0.05, 0.1) is 18.1 Å². The van der Waals surface area contributed by atoms with Crippen LogP contribution in [0.1, 0.15) is 25.5 Å². The van der Waals surface area contributed by atoms with Crippen molar-refractivity contribution in [2.45, 2.75) is 26.3 Å². The van der Waals surface area contributed by atoms with E-state index in [2.05, 4.69) is 21.9 Å². The summed E-state index contributed by atoms with van der Waals surface area (Å²) in [7, 11) is 0. The summed E-state index contributed by atoms with van der Waals surface area (Å²) >= 11 is 0. The van der Waals surface area contributed by atoms with Gasteiger partial charge in [0.25, 0.3) is 0 Å². The van der Waals surface area contributed by atoms with Gasteiger partial charge in [0.1, 0.15) is 6.33 Å². The van der Waals surface area contributed by atoms with Gasteiger partial charge in [-0.2, -0.15) is 0 Å². The summed E-state index contributed by atoms with van der Waals surface area (Å²) in [5, 5.41) is 0. The van der Waals surface area contributed by atoms with Crippen LogP contribution in [0.5, 0.6) is 0 Å². The second kappa shape index (κ2) is 5.24. The summed E-state index contributed by atoms with van der Waals surface area (Å²) in [6.45, 7) is 2.63. The van der Waals surface area contributed by atoms with Crippen molar-refractivity contribution in [1.29, 1.82) is 0 Å². The highest BCUT2D eigenvalue weighted by molar-refractivity contribution is 5.80. The lowest BCUT2D eigenvalue weighted by Crippen LogP contribution is -2.11. The Labute approximate surface area is 77.9 Å². The Balaban J connectivity index is 2.47. The van der Waals surface area contributed by atoms with Crippen molar-refractivity contribution in [3.8, 4) is 0 Å². The van der Waals surface area contributed by atoms with Gasteiger partial charge in [-0.15, -0.1) is 0 Å². The highest BCUT2D eigenvalue weighted by Crippen LogP contribution is 1.95. The normalized spacial score (nSPS) is 11.6. The van der Waals surface area contributed by atoms with Gasteiger partial charge in [-0.25, -0.2) is 9.97 Å². The first-order valence-corrected chi connectivity index (χ1v) is 4.36. The van der Waals surface area contributed by atoms with E-state index in [1.807, 2.05) is 6.07 Å². The number of aromatic nitrogens is 2. The van der Waals surface area contributed by atoms with Crippen LogP contribution in [-0.4, -0.2) is 15.8 Å². The molecule has 0 atom stereocenters. The van der Waals surface area contributed by atoms with E-state index in [-0.39, 0.29) is 0 Å². The van der Waals surface area contributed by atoms with Crippen LogP contribution < -0.4 is 5.73 Å². The lowest BCUT2D eigenvalue weighted by molar-refractivity contribution is 0.925. The molecule has 0 aliphatic carbocycles. The van der Waals surface area contributed by atoms with Gasteiger partial charge in [0, 0.05) is 12.6 Å². The molecule has 0 aromatic carbocycles. The monoisotopic (exact) mass is 178 g/mol. The fourth-order valence-corrected chi connectivity index (χ4v) is 0.929. The minimum absolute atomic E-state index is 0.550. The van der Waals surface area contributed by atoms with E-state index in [0.717, 1.165) is 18.5 Å². The highest BCUT2D eigenvalue weighted by atomic mass is 14.9. The molecule has 1 heterocycles. The Hall–Kier alpha value is -1.45. The summed E-state index contributed by atoms with van der Waals surface area (Å²) in [6.07, 6.45) is 5.10. The first-order chi connectivity index (χ1) is 6.33. The van der Waals surface area contributed by atoms with E-state index in [1.54, 1.807) is 6.20 Å². The molecule has 70 valence electrons. The van der Waals surface area contributed by atoms with E-state index >= 15 is 0 Å². The molecule has 0 bridgehead atoms. The van der Waals surface area contributed by atoms with Crippen molar-refractivity contribution in [2.75, 3.05) is 0 Å². The third-order valence-corrected chi connectivity index (χ3v) is 1.59. The maximum absolute atomic E-state index is 5.64. The Morgan fingerprint density at radius 1 is 1.62 bits per heavy atom. The summed E-state index contributed by atoms with van der Waals surface area (Å²) in [5.74, 6) is 0.695. The van der Waals surface area contributed by atoms with Gasteiger partial charge in [0.2, 0.25) is 0 Å². The van der Waals surface area contributed by atoms with Gasteiger partial charge in [0.15, 0.2) is 0 Å². The van der Waals surface area contributed by atoms with Gasteiger partial charge < -0.3 is 5.73 Å². The van der Waals surface area contributed by atoms with Crippen molar-refractivity contribution in [1.82, 2.24) is 9.97 Å². The molecule has 0 saturated heterocycles. The quantitative estimate of drug-likeness (QED) is 0.555. The number of rotatable bonds is 4. The second-order valence-corrected chi connectivity index (χ2v) is 2.76. The molecule has 1 aromatic heterocycles.